The summed E-state index contributed by atoms with van der Waals surface area (Å²) in [5, 5.41) is 4.21. The van der Waals surface area contributed by atoms with Gasteiger partial charge in [-0.05, 0) is 42.6 Å². The molecule has 1 aliphatic rings. The normalized spacial score (nSPS) is 17.5. The third kappa shape index (κ3) is 3.63. The average molecular weight is 348 g/mol. The highest BCUT2D eigenvalue weighted by atomic mass is 16.5. The molecule has 1 aliphatic heterocycles. The minimum Gasteiger partial charge on any atom is -0.496 e. The minimum atomic E-state index is 0.511. The summed E-state index contributed by atoms with van der Waals surface area (Å²) in [4.78, 5) is 6.61. The molecule has 1 saturated heterocycles. The van der Waals surface area contributed by atoms with Crippen LogP contribution in [0.2, 0.25) is 0 Å². The molecule has 3 aromatic rings. The lowest BCUT2D eigenvalue weighted by Crippen LogP contribution is -2.22. The third-order valence-corrected chi connectivity index (χ3v) is 5.08. The number of ether oxygens (including phenoxy) is 1. The molecule has 134 valence electrons. The van der Waals surface area contributed by atoms with E-state index in [0.717, 1.165) is 24.4 Å². The lowest BCUT2D eigenvalue weighted by Gasteiger charge is -2.25. The molecule has 5 nitrogen and oxygen atoms in total. The van der Waals surface area contributed by atoms with Gasteiger partial charge in [-0.1, -0.05) is 36.4 Å². The predicted molar refractivity (Wildman–Crippen MR) is 101 cm³/mol. The Morgan fingerprint density at radius 3 is 2.77 bits per heavy atom. The highest BCUT2D eigenvalue weighted by Crippen LogP contribution is 2.33. The Bertz CT molecular complexity index is 832. The van der Waals surface area contributed by atoms with Gasteiger partial charge in [0.05, 0.1) is 13.7 Å². The van der Waals surface area contributed by atoms with Crippen molar-refractivity contribution in [2.45, 2.75) is 32.0 Å². The molecule has 5 heteroatoms. The largest absolute Gasteiger partial charge is 0.496 e. The molecule has 1 atom stereocenters. The quantitative estimate of drug-likeness (QED) is 0.682. The van der Waals surface area contributed by atoms with Crippen molar-refractivity contribution in [2.75, 3.05) is 13.7 Å². The Hall–Kier alpha value is -2.66. The smallest absolute Gasteiger partial charge is 0.137 e. The molecule has 0 amide bonds. The first-order valence-electron chi connectivity index (χ1n) is 9.10. The molecule has 2 aromatic carbocycles. The number of aromatic nitrogens is 3. The molecular formula is C21H24N4O. The van der Waals surface area contributed by atoms with Crippen LogP contribution in [0.4, 0.5) is 0 Å². The van der Waals surface area contributed by atoms with E-state index in [9.17, 15) is 0 Å². The molecule has 1 unspecified atom stereocenters. The minimum absolute atomic E-state index is 0.511. The summed E-state index contributed by atoms with van der Waals surface area (Å²) < 4.78 is 7.36. The number of benzene rings is 2. The Labute approximate surface area is 154 Å². The van der Waals surface area contributed by atoms with Gasteiger partial charge in [-0.2, -0.15) is 5.10 Å². The molecule has 0 bridgehead atoms. The Morgan fingerprint density at radius 2 is 2.00 bits per heavy atom. The molecular weight excluding hydrogens is 324 g/mol. The summed E-state index contributed by atoms with van der Waals surface area (Å²) in [6, 6.07) is 17.8. The first kappa shape index (κ1) is 16.8. The maximum Gasteiger partial charge on any atom is 0.137 e. The van der Waals surface area contributed by atoms with Gasteiger partial charge < -0.3 is 4.74 Å². The number of hydrogen-bond acceptors (Lipinski definition) is 4. The molecule has 1 aromatic heterocycles. The second-order valence-electron chi connectivity index (χ2n) is 6.78. The van der Waals surface area contributed by atoms with Crippen molar-refractivity contribution in [3.63, 3.8) is 0 Å². The van der Waals surface area contributed by atoms with Gasteiger partial charge in [0.2, 0.25) is 0 Å². The van der Waals surface area contributed by atoms with Gasteiger partial charge in [0.25, 0.3) is 0 Å². The molecule has 4 rings (SSSR count). The Morgan fingerprint density at radius 1 is 1.12 bits per heavy atom. The number of likely N-dealkylation sites (tertiary alicyclic amines) is 1. The maximum absolute atomic E-state index is 5.53. The molecule has 0 N–H and O–H groups in total. The zero-order chi connectivity index (χ0) is 17.8. The highest BCUT2D eigenvalue weighted by Gasteiger charge is 2.25. The van der Waals surface area contributed by atoms with Gasteiger partial charge in [-0.3, -0.25) is 4.90 Å². The lowest BCUT2D eigenvalue weighted by molar-refractivity contribution is 0.248. The second-order valence-corrected chi connectivity index (χ2v) is 6.78. The van der Waals surface area contributed by atoms with Crippen LogP contribution in [0.1, 0.15) is 35.6 Å². The van der Waals surface area contributed by atoms with Crippen LogP contribution in [0.5, 0.6) is 5.75 Å². The van der Waals surface area contributed by atoms with E-state index in [4.69, 9.17) is 4.74 Å². The molecule has 0 radical (unpaired) electrons. The summed E-state index contributed by atoms with van der Waals surface area (Å²) in [6.07, 6.45) is 5.77. The van der Waals surface area contributed by atoms with Gasteiger partial charge >= 0.3 is 0 Å². The van der Waals surface area contributed by atoms with Gasteiger partial charge in [-0.25, -0.2) is 9.67 Å². The fourth-order valence-electron chi connectivity index (χ4n) is 3.85. The van der Waals surface area contributed by atoms with Crippen LogP contribution in [-0.4, -0.2) is 33.3 Å². The van der Waals surface area contributed by atoms with Crippen molar-refractivity contribution in [3.05, 3.63) is 77.9 Å². The zero-order valence-electron chi connectivity index (χ0n) is 15.1. The fourth-order valence-corrected chi connectivity index (χ4v) is 3.85. The van der Waals surface area contributed by atoms with E-state index in [1.54, 1.807) is 19.8 Å². The first-order chi connectivity index (χ1) is 12.8. The molecule has 26 heavy (non-hydrogen) atoms. The van der Waals surface area contributed by atoms with Crippen molar-refractivity contribution in [3.8, 4) is 5.75 Å². The molecule has 1 fully saturated rings. The van der Waals surface area contributed by atoms with Crippen LogP contribution in [-0.2, 0) is 13.1 Å². The van der Waals surface area contributed by atoms with Crippen molar-refractivity contribution in [2.24, 2.45) is 0 Å². The molecule has 0 saturated carbocycles. The molecule has 0 spiro atoms. The summed E-state index contributed by atoms with van der Waals surface area (Å²) in [5.41, 5.74) is 3.86. The monoisotopic (exact) mass is 348 g/mol. The van der Waals surface area contributed by atoms with E-state index in [1.807, 2.05) is 4.68 Å². The Kier molecular flexibility index (Phi) is 4.97. The highest BCUT2D eigenvalue weighted by molar-refractivity contribution is 5.37. The van der Waals surface area contributed by atoms with E-state index < -0.39 is 0 Å². The summed E-state index contributed by atoms with van der Waals surface area (Å²) >= 11 is 0. The standard InChI is InChI=1S/C21H24N4O/c1-26-21-10-9-17(12-19(21)14-25-16-22-15-23-25)13-24-11-5-8-20(24)18-6-3-2-4-7-18/h2-4,6-7,9-10,12,15-16,20H,5,8,11,13-14H2,1H3. The topological polar surface area (TPSA) is 43.2 Å². The lowest BCUT2D eigenvalue weighted by atomic mass is 10.0. The van der Waals surface area contributed by atoms with E-state index in [-0.39, 0.29) is 0 Å². The molecule has 0 aliphatic carbocycles. The first-order valence-corrected chi connectivity index (χ1v) is 9.10. The van der Waals surface area contributed by atoms with Crippen LogP contribution >= 0.6 is 0 Å². The SMILES string of the molecule is COc1ccc(CN2CCCC2c2ccccc2)cc1Cn1cncn1. The summed E-state index contributed by atoms with van der Waals surface area (Å²) in [7, 11) is 1.71. The molecule has 2 heterocycles. The van der Waals surface area contributed by atoms with Gasteiger partial charge in [0.15, 0.2) is 0 Å². The van der Waals surface area contributed by atoms with E-state index in [2.05, 4.69) is 63.5 Å². The Balaban J connectivity index is 1.54. The van der Waals surface area contributed by atoms with Gasteiger partial charge in [0.1, 0.15) is 18.4 Å². The van der Waals surface area contributed by atoms with Crippen molar-refractivity contribution in [1.29, 1.82) is 0 Å². The van der Waals surface area contributed by atoms with E-state index >= 15 is 0 Å². The fraction of sp³-hybridized carbons (Fsp3) is 0.333. The predicted octanol–water partition coefficient (Wildman–Crippen LogP) is 3.67. The van der Waals surface area contributed by atoms with Crippen LogP contribution in [0.3, 0.4) is 0 Å². The van der Waals surface area contributed by atoms with Crippen molar-refractivity contribution < 1.29 is 4.74 Å². The number of rotatable bonds is 6. The third-order valence-electron chi connectivity index (χ3n) is 5.08. The summed E-state index contributed by atoms with van der Waals surface area (Å²) in [5.74, 6) is 0.894. The number of hydrogen-bond donors (Lipinski definition) is 0. The van der Waals surface area contributed by atoms with Crippen molar-refractivity contribution >= 4 is 0 Å². The summed E-state index contributed by atoms with van der Waals surface area (Å²) in [6.45, 7) is 2.76. The van der Waals surface area contributed by atoms with E-state index in [1.165, 1.54) is 24.0 Å². The maximum atomic E-state index is 5.53. The van der Waals surface area contributed by atoms with Crippen LogP contribution in [0.25, 0.3) is 0 Å². The van der Waals surface area contributed by atoms with Gasteiger partial charge in [0, 0.05) is 18.2 Å². The average Bonchev–Trinajstić information content (AvgIpc) is 3.35. The number of nitrogens with zero attached hydrogens (tertiary/aromatic N) is 4. The van der Waals surface area contributed by atoms with Crippen LogP contribution in [0, 0.1) is 0 Å². The van der Waals surface area contributed by atoms with Gasteiger partial charge in [-0.15, -0.1) is 0 Å². The number of methoxy groups -OCH3 is 1. The van der Waals surface area contributed by atoms with E-state index in [0.29, 0.717) is 12.6 Å². The zero-order valence-corrected chi connectivity index (χ0v) is 15.1. The van der Waals surface area contributed by atoms with Crippen LogP contribution in [0.15, 0.2) is 61.2 Å². The van der Waals surface area contributed by atoms with Crippen LogP contribution < -0.4 is 4.74 Å². The van der Waals surface area contributed by atoms with Crippen molar-refractivity contribution in [1.82, 2.24) is 19.7 Å². The second kappa shape index (κ2) is 7.70.